The quantitative estimate of drug-likeness (QED) is 0.557. The molecule has 18 heavy (non-hydrogen) atoms. The van der Waals surface area contributed by atoms with Crippen molar-refractivity contribution in [2.24, 2.45) is 0 Å². The number of rotatable bonds is 7. The van der Waals surface area contributed by atoms with Crippen LogP contribution in [0.5, 0.6) is 0 Å². The van der Waals surface area contributed by atoms with Crippen LogP contribution in [-0.2, 0) is 9.53 Å². The minimum atomic E-state index is -0.00368. The van der Waals surface area contributed by atoms with Crippen LogP contribution in [0.2, 0.25) is 0 Å². The molecule has 0 heterocycles. The van der Waals surface area contributed by atoms with Gasteiger partial charge in [-0.2, -0.15) is 0 Å². The van der Waals surface area contributed by atoms with E-state index in [4.69, 9.17) is 10.5 Å². The fraction of sp³-hybridized carbons (Fsp3) is 0.462. The standard InChI is InChI=1S/C13H21N3O2/c1-16(12-6-3-5-11(14)9-12)10-13(17)15-7-4-8-18-2/h3,5-6,9H,4,7-8,10,14H2,1-2H3,(H,15,17). The number of amides is 1. The Morgan fingerprint density at radius 1 is 1.50 bits per heavy atom. The van der Waals surface area contributed by atoms with Crippen LogP contribution in [-0.4, -0.2) is 39.8 Å². The van der Waals surface area contributed by atoms with Crippen LogP contribution in [0.25, 0.3) is 0 Å². The Kier molecular flexibility index (Phi) is 6.00. The van der Waals surface area contributed by atoms with Gasteiger partial charge in [-0.25, -0.2) is 0 Å². The molecule has 1 rings (SSSR count). The molecule has 1 aromatic rings. The Hall–Kier alpha value is -1.75. The van der Waals surface area contributed by atoms with Gasteiger partial charge in [0.15, 0.2) is 0 Å². The van der Waals surface area contributed by atoms with Crippen molar-refractivity contribution in [3.63, 3.8) is 0 Å². The number of nitrogens with two attached hydrogens (primary N) is 1. The van der Waals surface area contributed by atoms with E-state index in [1.807, 2.05) is 36.2 Å². The number of ether oxygens (including phenoxy) is 1. The van der Waals surface area contributed by atoms with Crippen molar-refractivity contribution in [1.82, 2.24) is 5.32 Å². The van der Waals surface area contributed by atoms with Gasteiger partial charge < -0.3 is 20.7 Å². The van der Waals surface area contributed by atoms with Gasteiger partial charge in [0.05, 0.1) is 6.54 Å². The van der Waals surface area contributed by atoms with Crippen LogP contribution in [0.1, 0.15) is 6.42 Å². The average Bonchev–Trinajstić information content (AvgIpc) is 2.34. The number of nitrogens with one attached hydrogen (secondary N) is 1. The maximum Gasteiger partial charge on any atom is 0.239 e. The Labute approximate surface area is 108 Å². The molecule has 0 saturated heterocycles. The maximum atomic E-state index is 11.7. The predicted octanol–water partition coefficient (Wildman–Crippen LogP) is 0.858. The summed E-state index contributed by atoms with van der Waals surface area (Å²) in [5.74, 6) is -0.00368. The van der Waals surface area contributed by atoms with Gasteiger partial charge in [-0.1, -0.05) is 6.07 Å². The molecule has 0 aliphatic rings. The lowest BCUT2D eigenvalue weighted by atomic mass is 10.2. The van der Waals surface area contributed by atoms with Gasteiger partial charge in [-0.3, -0.25) is 4.79 Å². The predicted molar refractivity (Wildman–Crippen MR) is 73.6 cm³/mol. The van der Waals surface area contributed by atoms with Crippen molar-refractivity contribution < 1.29 is 9.53 Å². The van der Waals surface area contributed by atoms with Gasteiger partial charge in [0.25, 0.3) is 0 Å². The number of nitrogens with zero attached hydrogens (tertiary/aromatic N) is 1. The van der Waals surface area contributed by atoms with E-state index >= 15 is 0 Å². The molecular formula is C13H21N3O2. The van der Waals surface area contributed by atoms with Crippen molar-refractivity contribution in [3.05, 3.63) is 24.3 Å². The largest absolute Gasteiger partial charge is 0.399 e. The summed E-state index contributed by atoms with van der Waals surface area (Å²) >= 11 is 0. The molecule has 0 fully saturated rings. The summed E-state index contributed by atoms with van der Waals surface area (Å²) in [4.78, 5) is 13.5. The molecular weight excluding hydrogens is 230 g/mol. The summed E-state index contributed by atoms with van der Waals surface area (Å²) in [5, 5.41) is 2.84. The van der Waals surface area contributed by atoms with E-state index < -0.39 is 0 Å². The third kappa shape index (κ3) is 5.05. The van der Waals surface area contributed by atoms with Gasteiger partial charge in [-0.15, -0.1) is 0 Å². The number of likely N-dealkylation sites (N-methyl/N-ethyl adjacent to an activating group) is 1. The van der Waals surface area contributed by atoms with E-state index in [0.29, 0.717) is 25.4 Å². The van der Waals surface area contributed by atoms with Crippen LogP contribution >= 0.6 is 0 Å². The number of hydrogen-bond acceptors (Lipinski definition) is 4. The molecule has 0 bridgehead atoms. The zero-order valence-corrected chi connectivity index (χ0v) is 11.0. The van der Waals surface area contributed by atoms with Crippen molar-refractivity contribution in [1.29, 1.82) is 0 Å². The van der Waals surface area contributed by atoms with E-state index in [2.05, 4.69) is 5.32 Å². The Balaban J connectivity index is 2.35. The van der Waals surface area contributed by atoms with E-state index in [-0.39, 0.29) is 5.91 Å². The SMILES string of the molecule is COCCCNC(=O)CN(C)c1cccc(N)c1. The van der Waals surface area contributed by atoms with Crippen LogP contribution in [0.15, 0.2) is 24.3 Å². The van der Waals surface area contributed by atoms with Gasteiger partial charge in [0, 0.05) is 38.7 Å². The van der Waals surface area contributed by atoms with Crippen molar-refractivity contribution >= 4 is 17.3 Å². The maximum absolute atomic E-state index is 11.7. The van der Waals surface area contributed by atoms with Crippen LogP contribution in [0.3, 0.4) is 0 Å². The lowest BCUT2D eigenvalue weighted by Crippen LogP contribution is -2.35. The summed E-state index contributed by atoms with van der Waals surface area (Å²) in [5.41, 5.74) is 7.33. The molecule has 0 atom stereocenters. The molecule has 1 amide bonds. The number of hydrogen-bond donors (Lipinski definition) is 2. The number of benzene rings is 1. The highest BCUT2D eigenvalue weighted by Gasteiger charge is 2.06. The molecule has 100 valence electrons. The molecule has 0 radical (unpaired) electrons. The summed E-state index contributed by atoms with van der Waals surface area (Å²) in [7, 11) is 3.51. The average molecular weight is 251 g/mol. The van der Waals surface area contributed by atoms with Crippen molar-refractivity contribution in [2.75, 3.05) is 44.5 Å². The van der Waals surface area contributed by atoms with Crippen molar-refractivity contribution in [3.8, 4) is 0 Å². The monoisotopic (exact) mass is 251 g/mol. The first kappa shape index (κ1) is 14.3. The summed E-state index contributed by atoms with van der Waals surface area (Å²) in [6.45, 7) is 1.61. The Morgan fingerprint density at radius 2 is 2.28 bits per heavy atom. The highest BCUT2D eigenvalue weighted by Crippen LogP contribution is 2.15. The Morgan fingerprint density at radius 3 is 2.94 bits per heavy atom. The summed E-state index contributed by atoms with van der Waals surface area (Å²) in [6, 6.07) is 7.46. The second-order valence-corrected chi connectivity index (χ2v) is 4.15. The topological polar surface area (TPSA) is 67.6 Å². The molecule has 0 aliphatic heterocycles. The minimum Gasteiger partial charge on any atom is -0.399 e. The first-order chi connectivity index (χ1) is 8.63. The molecule has 0 unspecified atom stereocenters. The molecule has 3 N–H and O–H groups in total. The zero-order valence-electron chi connectivity index (χ0n) is 11.0. The fourth-order valence-electron chi connectivity index (χ4n) is 1.57. The number of carbonyl (C=O) groups excluding carboxylic acids is 1. The number of carbonyl (C=O) groups is 1. The molecule has 0 spiro atoms. The molecule has 0 saturated carbocycles. The molecule has 0 aliphatic carbocycles. The first-order valence-electron chi connectivity index (χ1n) is 5.96. The molecule has 1 aromatic carbocycles. The normalized spacial score (nSPS) is 10.1. The smallest absolute Gasteiger partial charge is 0.239 e. The minimum absolute atomic E-state index is 0.00368. The van der Waals surface area contributed by atoms with Gasteiger partial charge in [-0.05, 0) is 24.6 Å². The molecule has 5 nitrogen and oxygen atoms in total. The number of nitrogen functional groups attached to an aromatic ring is 1. The Bertz CT molecular complexity index is 382. The van der Waals surface area contributed by atoms with E-state index in [0.717, 1.165) is 12.1 Å². The second kappa shape index (κ2) is 7.55. The zero-order chi connectivity index (χ0) is 13.4. The lowest BCUT2D eigenvalue weighted by Gasteiger charge is -2.19. The molecule has 0 aromatic heterocycles. The number of anilines is 2. The van der Waals surface area contributed by atoms with Gasteiger partial charge in [0.1, 0.15) is 0 Å². The van der Waals surface area contributed by atoms with Crippen LogP contribution < -0.4 is 16.0 Å². The van der Waals surface area contributed by atoms with Crippen LogP contribution in [0.4, 0.5) is 11.4 Å². The van der Waals surface area contributed by atoms with E-state index in [1.54, 1.807) is 7.11 Å². The second-order valence-electron chi connectivity index (χ2n) is 4.15. The third-order valence-corrected chi connectivity index (χ3v) is 2.54. The third-order valence-electron chi connectivity index (χ3n) is 2.54. The summed E-state index contributed by atoms with van der Waals surface area (Å²) < 4.78 is 4.91. The van der Waals surface area contributed by atoms with E-state index in [9.17, 15) is 4.79 Å². The lowest BCUT2D eigenvalue weighted by molar-refractivity contribution is -0.119. The highest BCUT2D eigenvalue weighted by molar-refractivity contribution is 5.81. The highest BCUT2D eigenvalue weighted by atomic mass is 16.5. The van der Waals surface area contributed by atoms with E-state index in [1.165, 1.54) is 0 Å². The van der Waals surface area contributed by atoms with Gasteiger partial charge >= 0.3 is 0 Å². The number of methoxy groups -OCH3 is 1. The summed E-state index contributed by atoms with van der Waals surface area (Å²) in [6.07, 6.45) is 0.824. The van der Waals surface area contributed by atoms with Gasteiger partial charge in [0.2, 0.25) is 5.91 Å². The van der Waals surface area contributed by atoms with Crippen LogP contribution in [0, 0.1) is 0 Å². The van der Waals surface area contributed by atoms with Crippen molar-refractivity contribution in [2.45, 2.75) is 6.42 Å². The molecule has 5 heteroatoms. The fourth-order valence-corrected chi connectivity index (χ4v) is 1.57. The first-order valence-corrected chi connectivity index (χ1v) is 5.96.